The molecule has 2 unspecified atom stereocenters. The second-order valence-corrected chi connectivity index (χ2v) is 9.37. The van der Waals surface area contributed by atoms with Gasteiger partial charge >= 0.3 is 5.97 Å². The highest BCUT2D eigenvalue weighted by molar-refractivity contribution is 5.98. The molecule has 3 heterocycles. The number of ether oxygens (including phenoxy) is 2. The van der Waals surface area contributed by atoms with Crippen molar-refractivity contribution in [2.75, 3.05) is 32.8 Å². The zero-order chi connectivity index (χ0) is 23.5. The Kier molecular flexibility index (Phi) is 7.65. The fourth-order valence-corrected chi connectivity index (χ4v) is 5.95. The number of aliphatic hydroxyl groups is 1. The summed E-state index contributed by atoms with van der Waals surface area (Å²) in [6, 6.07) is -0.811. The minimum absolute atomic E-state index is 0.0882. The number of aliphatic hydroxyl groups excluding tert-OH is 1. The van der Waals surface area contributed by atoms with E-state index < -0.39 is 35.0 Å². The molecule has 2 amide bonds. The molecule has 32 heavy (non-hydrogen) atoms. The van der Waals surface area contributed by atoms with E-state index >= 15 is 0 Å². The monoisotopic (exact) mass is 450 g/mol. The van der Waals surface area contributed by atoms with E-state index in [-0.39, 0.29) is 31.6 Å². The van der Waals surface area contributed by atoms with Gasteiger partial charge in [-0.1, -0.05) is 25.8 Å². The first-order valence-corrected chi connectivity index (χ1v) is 12.0. The molecule has 0 radical (unpaired) electrons. The van der Waals surface area contributed by atoms with Crippen LogP contribution in [0.3, 0.4) is 0 Å². The summed E-state index contributed by atoms with van der Waals surface area (Å²) in [7, 11) is 0. The number of nitrogens with zero attached hydrogens (tertiary/aromatic N) is 2. The minimum Gasteiger partial charge on any atom is -0.466 e. The van der Waals surface area contributed by atoms with Crippen molar-refractivity contribution in [1.82, 2.24) is 9.80 Å². The number of likely N-dealkylation sites (tertiary alicyclic amines) is 1. The quantitative estimate of drug-likeness (QED) is 0.277. The van der Waals surface area contributed by atoms with Crippen molar-refractivity contribution in [2.45, 2.75) is 76.5 Å². The van der Waals surface area contributed by atoms with Gasteiger partial charge in [-0.2, -0.15) is 0 Å². The van der Waals surface area contributed by atoms with E-state index in [0.29, 0.717) is 32.4 Å². The zero-order valence-corrected chi connectivity index (χ0v) is 19.7. The second-order valence-electron chi connectivity index (χ2n) is 9.37. The summed E-state index contributed by atoms with van der Waals surface area (Å²) in [6.45, 7) is 10.9. The summed E-state index contributed by atoms with van der Waals surface area (Å²) in [4.78, 5) is 43.8. The Labute approximate surface area is 190 Å². The number of hydrogen-bond donors (Lipinski definition) is 1. The van der Waals surface area contributed by atoms with Crippen molar-refractivity contribution < 1.29 is 29.0 Å². The Bertz CT molecular complexity index is 742. The van der Waals surface area contributed by atoms with E-state index in [0.717, 1.165) is 19.3 Å². The molecule has 3 saturated heterocycles. The van der Waals surface area contributed by atoms with E-state index in [1.54, 1.807) is 22.8 Å². The number of esters is 1. The van der Waals surface area contributed by atoms with Crippen LogP contribution in [0.2, 0.25) is 0 Å². The number of amides is 2. The maximum absolute atomic E-state index is 13.9. The Morgan fingerprint density at radius 3 is 2.69 bits per heavy atom. The number of carbonyl (C=O) groups is 3. The van der Waals surface area contributed by atoms with E-state index in [4.69, 9.17) is 9.47 Å². The van der Waals surface area contributed by atoms with Crippen LogP contribution in [-0.2, 0) is 23.9 Å². The number of unbranched alkanes of at least 4 members (excludes halogenated alkanes) is 2. The molecule has 3 aliphatic heterocycles. The average Bonchev–Trinajstić information content (AvgIpc) is 3.32. The predicted molar refractivity (Wildman–Crippen MR) is 119 cm³/mol. The minimum atomic E-state index is -1.04. The van der Waals surface area contributed by atoms with Gasteiger partial charge in [0.2, 0.25) is 11.8 Å². The molecule has 2 bridgehead atoms. The van der Waals surface area contributed by atoms with E-state index in [1.807, 2.05) is 6.92 Å². The van der Waals surface area contributed by atoms with Gasteiger partial charge in [0.1, 0.15) is 17.6 Å². The third-order valence-corrected chi connectivity index (χ3v) is 7.30. The van der Waals surface area contributed by atoms with Crippen molar-refractivity contribution in [1.29, 1.82) is 0 Å². The fourth-order valence-electron chi connectivity index (χ4n) is 5.95. The molecule has 3 fully saturated rings. The van der Waals surface area contributed by atoms with Gasteiger partial charge in [-0.25, -0.2) is 0 Å². The summed E-state index contributed by atoms with van der Waals surface area (Å²) in [5.41, 5.74) is -1.86. The molecule has 0 aromatic carbocycles. The lowest BCUT2D eigenvalue weighted by atomic mass is 9.66. The van der Waals surface area contributed by atoms with Gasteiger partial charge in [-0.15, -0.1) is 6.58 Å². The standard InChI is InChI=1S/C24H38N2O6/c1-5-8-9-14-25(13-6-2)21(29)19-24-12-11-23(4,32-24)18(22(30)31-7-3)17(24)20(28)26(19)15-10-16-27/h6,17-19,27H,2,5,7-16H2,1,3-4H3/t17-,18+,19?,23-,24?/m0/s1. The number of carbonyl (C=O) groups excluding carboxylic acids is 3. The van der Waals surface area contributed by atoms with Crippen molar-refractivity contribution >= 4 is 17.8 Å². The molecule has 0 aromatic heterocycles. The van der Waals surface area contributed by atoms with Crippen LogP contribution in [0.5, 0.6) is 0 Å². The molecule has 8 heteroatoms. The summed E-state index contributed by atoms with van der Waals surface area (Å²) in [5, 5.41) is 9.41. The third kappa shape index (κ3) is 3.96. The van der Waals surface area contributed by atoms with Gasteiger partial charge in [0, 0.05) is 26.2 Å². The molecular formula is C24H38N2O6. The number of rotatable bonds is 12. The highest BCUT2D eigenvalue weighted by Crippen LogP contribution is 2.63. The maximum Gasteiger partial charge on any atom is 0.312 e. The lowest BCUT2D eigenvalue weighted by Crippen LogP contribution is -2.56. The molecule has 180 valence electrons. The van der Waals surface area contributed by atoms with E-state index in [1.165, 1.54) is 0 Å². The molecule has 0 aromatic rings. The van der Waals surface area contributed by atoms with Crippen LogP contribution < -0.4 is 0 Å². The largest absolute Gasteiger partial charge is 0.466 e. The zero-order valence-electron chi connectivity index (χ0n) is 19.7. The number of fused-ring (bicyclic) bond motifs is 1. The van der Waals surface area contributed by atoms with Crippen LogP contribution in [0.4, 0.5) is 0 Å². The van der Waals surface area contributed by atoms with Gasteiger partial charge < -0.3 is 24.4 Å². The second kappa shape index (κ2) is 9.91. The molecule has 1 spiro atoms. The Morgan fingerprint density at radius 1 is 1.31 bits per heavy atom. The molecule has 0 saturated carbocycles. The molecule has 3 aliphatic rings. The van der Waals surface area contributed by atoms with Crippen molar-refractivity contribution in [2.24, 2.45) is 11.8 Å². The van der Waals surface area contributed by atoms with Crippen LogP contribution in [0.15, 0.2) is 12.7 Å². The normalized spacial score (nSPS) is 32.8. The Hall–Kier alpha value is -1.93. The number of hydrogen-bond acceptors (Lipinski definition) is 6. The van der Waals surface area contributed by atoms with Crippen molar-refractivity contribution in [3.8, 4) is 0 Å². The van der Waals surface area contributed by atoms with Crippen LogP contribution >= 0.6 is 0 Å². The van der Waals surface area contributed by atoms with E-state index in [9.17, 15) is 19.5 Å². The fraction of sp³-hybridized carbons (Fsp3) is 0.792. The van der Waals surface area contributed by atoms with Crippen LogP contribution in [-0.4, -0.2) is 82.8 Å². The van der Waals surface area contributed by atoms with Gasteiger partial charge in [0.25, 0.3) is 0 Å². The van der Waals surface area contributed by atoms with Gasteiger partial charge in [-0.05, 0) is 39.5 Å². The van der Waals surface area contributed by atoms with E-state index in [2.05, 4.69) is 13.5 Å². The highest BCUT2D eigenvalue weighted by Gasteiger charge is 2.78. The van der Waals surface area contributed by atoms with Gasteiger partial charge in [0.15, 0.2) is 0 Å². The molecular weight excluding hydrogens is 412 g/mol. The summed E-state index contributed by atoms with van der Waals surface area (Å²) < 4.78 is 11.8. The van der Waals surface area contributed by atoms with Crippen molar-refractivity contribution in [3.05, 3.63) is 12.7 Å². The molecule has 3 rings (SSSR count). The molecule has 0 aliphatic carbocycles. The van der Waals surface area contributed by atoms with Crippen LogP contribution in [0.1, 0.15) is 59.3 Å². The highest BCUT2D eigenvalue weighted by atomic mass is 16.6. The molecule has 1 N–H and O–H groups in total. The average molecular weight is 451 g/mol. The van der Waals surface area contributed by atoms with Gasteiger partial charge in [-0.3, -0.25) is 14.4 Å². The topological polar surface area (TPSA) is 96.4 Å². The molecule has 8 nitrogen and oxygen atoms in total. The third-order valence-electron chi connectivity index (χ3n) is 7.30. The summed E-state index contributed by atoms with van der Waals surface area (Å²) in [5.74, 6) is -2.31. The first-order valence-electron chi connectivity index (χ1n) is 12.0. The SMILES string of the molecule is C=CCN(CCCCC)C(=O)C1N(CCCO)C(=O)[C@@H]2[C@H](C(=O)OCC)[C@]3(C)CCC12O3. The smallest absolute Gasteiger partial charge is 0.312 e. The van der Waals surface area contributed by atoms with Crippen LogP contribution in [0, 0.1) is 11.8 Å². The first kappa shape index (κ1) is 24.7. The Morgan fingerprint density at radius 2 is 2.06 bits per heavy atom. The summed E-state index contributed by atoms with van der Waals surface area (Å²) >= 11 is 0. The first-order chi connectivity index (χ1) is 15.3. The van der Waals surface area contributed by atoms with Gasteiger partial charge in [0.05, 0.1) is 18.1 Å². The lowest BCUT2D eigenvalue weighted by molar-refractivity contribution is -0.160. The Balaban J connectivity index is 1.99. The predicted octanol–water partition coefficient (Wildman–Crippen LogP) is 1.90. The lowest BCUT2D eigenvalue weighted by Gasteiger charge is -2.36. The maximum atomic E-state index is 13.9. The van der Waals surface area contributed by atoms with Crippen LogP contribution in [0.25, 0.3) is 0 Å². The summed E-state index contributed by atoms with van der Waals surface area (Å²) in [6.07, 6.45) is 6.10. The molecule has 5 atom stereocenters. The van der Waals surface area contributed by atoms with Crippen molar-refractivity contribution in [3.63, 3.8) is 0 Å².